The van der Waals surface area contributed by atoms with Gasteiger partial charge in [0.1, 0.15) is 12.4 Å². The van der Waals surface area contributed by atoms with Gasteiger partial charge in [-0.25, -0.2) is 0 Å². The van der Waals surface area contributed by atoms with Crippen molar-refractivity contribution in [3.05, 3.63) is 46.5 Å². The Morgan fingerprint density at radius 1 is 1.12 bits per heavy atom. The van der Waals surface area contributed by atoms with Gasteiger partial charge in [0.05, 0.1) is 4.92 Å². The van der Waals surface area contributed by atoms with Gasteiger partial charge in [-0.15, -0.1) is 0 Å². The lowest BCUT2D eigenvalue weighted by Gasteiger charge is -2.32. The van der Waals surface area contributed by atoms with Gasteiger partial charge < -0.3 is 9.64 Å². The largest absolute Gasteiger partial charge is 0.492 e. The van der Waals surface area contributed by atoms with Crippen molar-refractivity contribution in [1.29, 1.82) is 0 Å². The molecular weight excluding hydrogens is 326 g/mol. The van der Waals surface area contributed by atoms with E-state index in [1.54, 1.807) is 12.1 Å². The van der Waals surface area contributed by atoms with Gasteiger partial charge in [0.2, 0.25) is 0 Å². The van der Waals surface area contributed by atoms with Crippen molar-refractivity contribution in [2.75, 3.05) is 46.4 Å². The van der Waals surface area contributed by atoms with Crippen molar-refractivity contribution in [3.63, 3.8) is 0 Å². The Hall–Kier alpha value is -1.96. The van der Waals surface area contributed by atoms with Crippen LogP contribution in [0.25, 0.3) is 10.4 Å². The standard InChI is InChI=1S/C17H21N3O3S/c1-18-8-10-19(11-9-18)12-13-23-15-4-2-14(3-5-15)16-6-7-17(24-16)20(21)22/h2-7H,8-13H2,1H3. The van der Waals surface area contributed by atoms with E-state index in [0.717, 1.165) is 48.9 Å². The highest BCUT2D eigenvalue weighted by atomic mass is 32.1. The highest BCUT2D eigenvalue weighted by Crippen LogP contribution is 2.33. The van der Waals surface area contributed by atoms with E-state index in [1.165, 1.54) is 11.3 Å². The van der Waals surface area contributed by atoms with E-state index < -0.39 is 0 Å². The van der Waals surface area contributed by atoms with Gasteiger partial charge >= 0.3 is 5.00 Å². The number of hydrogen-bond donors (Lipinski definition) is 0. The van der Waals surface area contributed by atoms with Crippen LogP contribution < -0.4 is 4.74 Å². The molecule has 128 valence electrons. The van der Waals surface area contributed by atoms with E-state index in [1.807, 2.05) is 24.3 Å². The number of rotatable bonds is 6. The van der Waals surface area contributed by atoms with E-state index in [-0.39, 0.29) is 9.92 Å². The molecule has 2 heterocycles. The molecule has 0 aliphatic carbocycles. The van der Waals surface area contributed by atoms with Crippen LogP contribution in [0.2, 0.25) is 0 Å². The van der Waals surface area contributed by atoms with Crippen LogP contribution in [0, 0.1) is 10.1 Å². The highest BCUT2D eigenvalue weighted by Gasteiger charge is 2.13. The minimum atomic E-state index is -0.357. The lowest BCUT2D eigenvalue weighted by atomic mass is 10.2. The molecule has 1 saturated heterocycles. The molecule has 3 rings (SSSR count). The Morgan fingerprint density at radius 3 is 2.46 bits per heavy atom. The van der Waals surface area contributed by atoms with Gasteiger partial charge in [0.25, 0.3) is 0 Å². The number of piperazine rings is 1. The normalized spacial score (nSPS) is 16.2. The van der Waals surface area contributed by atoms with Crippen LogP contribution in [0.15, 0.2) is 36.4 Å². The molecule has 0 N–H and O–H groups in total. The van der Waals surface area contributed by atoms with E-state index in [2.05, 4.69) is 16.8 Å². The van der Waals surface area contributed by atoms with E-state index in [0.29, 0.717) is 6.61 Å². The predicted molar refractivity (Wildman–Crippen MR) is 95.8 cm³/mol. The minimum absolute atomic E-state index is 0.164. The fraction of sp³-hybridized carbons (Fsp3) is 0.412. The van der Waals surface area contributed by atoms with Gasteiger partial charge in [-0.05, 0) is 42.9 Å². The predicted octanol–water partition coefficient (Wildman–Crippen LogP) is 2.95. The first-order valence-electron chi connectivity index (χ1n) is 8.00. The second kappa shape index (κ2) is 7.74. The average Bonchev–Trinajstić information content (AvgIpc) is 3.08. The second-order valence-corrected chi connectivity index (χ2v) is 6.97. The van der Waals surface area contributed by atoms with Crippen LogP contribution in [0.3, 0.4) is 0 Å². The van der Waals surface area contributed by atoms with Crippen molar-refractivity contribution < 1.29 is 9.66 Å². The quantitative estimate of drug-likeness (QED) is 0.594. The monoisotopic (exact) mass is 347 g/mol. The first kappa shape index (κ1) is 16.9. The SMILES string of the molecule is CN1CCN(CCOc2ccc(-c3ccc([N+](=O)[O-])s3)cc2)CC1. The molecule has 0 radical (unpaired) electrons. The Kier molecular flexibility index (Phi) is 5.44. The van der Waals surface area contributed by atoms with Gasteiger partial charge in [0, 0.05) is 43.7 Å². The molecule has 7 heteroatoms. The molecule has 24 heavy (non-hydrogen) atoms. The maximum atomic E-state index is 10.8. The van der Waals surface area contributed by atoms with E-state index in [4.69, 9.17) is 4.74 Å². The number of likely N-dealkylation sites (N-methyl/N-ethyl adjacent to an activating group) is 1. The molecule has 0 spiro atoms. The zero-order chi connectivity index (χ0) is 16.9. The summed E-state index contributed by atoms with van der Waals surface area (Å²) in [4.78, 5) is 16.0. The number of hydrogen-bond acceptors (Lipinski definition) is 6. The molecule has 2 aromatic rings. The molecule has 0 atom stereocenters. The Bertz CT molecular complexity index is 679. The van der Waals surface area contributed by atoms with Crippen LogP contribution in [0.4, 0.5) is 5.00 Å². The molecule has 1 aliphatic rings. The summed E-state index contributed by atoms with van der Waals surface area (Å²) < 4.78 is 5.81. The average molecular weight is 347 g/mol. The van der Waals surface area contributed by atoms with Crippen LogP contribution in [-0.2, 0) is 0 Å². The van der Waals surface area contributed by atoms with E-state index >= 15 is 0 Å². The molecule has 0 bridgehead atoms. The van der Waals surface area contributed by atoms with Gasteiger partial charge in [-0.2, -0.15) is 0 Å². The summed E-state index contributed by atoms with van der Waals surface area (Å²) in [5, 5.41) is 10.9. The third-order valence-electron chi connectivity index (χ3n) is 4.18. The summed E-state index contributed by atoms with van der Waals surface area (Å²) in [6, 6.07) is 11.1. The Labute approximate surface area is 145 Å². The topological polar surface area (TPSA) is 58.8 Å². The summed E-state index contributed by atoms with van der Waals surface area (Å²) in [6.07, 6.45) is 0. The van der Waals surface area contributed by atoms with Crippen molar-refractivity contribution >= 4 is 16.3 Å². The number of thiophene rings is 1. The maximum absolute atomic E-state index is 10.8. The smallest absolute Gasteiger partial charge is 0.324 e. The summed E-state index contributed by atoms with van der Waals surface area (Å²) in [6.45, 7) is 6.02. The fourth-order valence-corrected chi connectivity index (χ4v) is 3.49. The third-order valence-corrected chi connectivity index (χ3v) is 5.27. The zero-order valence-electron chi connectivity index (χ0n) is 13.7. The summed E-state index contributed by atoms with van der Waals surface area (Å²) in [7, 11) is 2.15. The molecule has 0 unspecified atom stereocenters. The number of nitrogens with zero attached hydrogens (tertiary/aromatic N) is 3. The van der Waals surface area contributed by atoms with Gasteiger partial charge in [-0.1, -0.05) is 11.3 Å². The fourth-order valence-electron chi connectivity index (χ4n) is 2.66. The van der Waals surface area contributed by atoms with Crippen molar-refractivity contribution in [2.45, 2.75) is 0 Å². The molecule has 6 nitrogen and oxygen atoms in total. The van der Waals surface area contributed by atoms with Gasteiger partial charge in [0.15, 0.2) is 0 Å². The zero-order valence-corrected chi connectivity index (χ0v) is 14.5. The summed E-state index contributed by atoms with van der Waals surface area (Å²) in [5.74, 6) is 0.832. The second-order valence-electron chi connectivity index (χ2n) is 5.91. The molecule has 1 aromatic heterocycles. The lowest BCUT2D eigenvalue weighted by Crippen LogP contribution is -2.45. The number of ether oxygens (including phenoxy) is 1. The third kappa shape index (κ3) is 4.31. The summed E-state index contributed by atoms with van der Waals surface area (Å²) >= 11 is 1.19. The van der Waals surface area contributed by atoms with Crippen molar-refractivity contribution in [2.24, 2.45) is 0 Å². The Morgan fingerprint density at radius 2 is 1.83 bits per heavy atom. The van der Waals surface area contributed by atoms with Crippen LogP contribution in [0.1, 0.15) is 0 Å². The molecule has 0 saturated carbocycles. The molecule has 0 amide bonds. The molecule has 1 fully saturated rings. The first-order chi connectivity index (χ1) is 11.6. The first-order valence-corrected chi connectivity index (χ1v) is 8.82. The van der Waals surface area contributed by atoms with Crippen molar-refractivity contribution in [3.8, 4) is 16.2 Å². The number of nitro groups is 1. The van der Waals surface area contributed by atoms with Crippen molar-refractivity contribution in [1.82, 2.24) is 9.80 Å². The molecule has 1 aliphatic heterocycles. The Balaban J connectivity index is 1.50. The maximum Gasteiger partial charge on any atom is 0.324 e. The van der Waals surface area contributed by atoms with Gasteiger partial charge in [-0.3, -0.25) is 15.0 Å². The lowest BCUT2D eigenvalue weighted by molar-refractivity contribution is -0.380. The van der Waals surface area contributed by atoms with E-state index in [9.17, 15) is 10.1 Å². The van der Waals surface area contributed by atoms with Crippen LogP contribution in [-0.4, -0.2) is 61.1 Å². The highest BCUT2D eigenvalue weighted by molar-refractivity contribution is 7.18. The minimum Gasteiger partial charge on any atom is -0.492 e. The number of benzene rings is 1. The van der Waals surface area contributed by atoms with Crippen LogP contribution in [0.5, 0.6) is 5.75 Å². The molecule has 1 aromatic carbocycles. The summed E-state index contributed by atoms with van der Waals surface area (Å²) in [5.41, 5.74) is 0.972. The molecular formula is C17H21N3O3S. The van der Waals surface area contributed by atoms with Crippen LogP contribution >= 0.6 is 11.3 Å².